The number of furan rings is 1. The summed E-state index contributed by atoms with van der Waals surface area (Å²) >= 11 is 0. The fourth-order valence-corrected chi connectivity index (χ4v) is 4.37. The molecule has 1 aliphatic rings. The monoisotopic (exact) mass is 492 g/mol. The maximum Gasteiger partial charge on any atom is 0.287 e. The second kappa shape index (κ2) is 11.0. The zero-order valence-corrected chi connectivity index (χ0v) is 21.2. The highest BCUT2D eigenvalue weighted by atomic mass is 19.1. The van der Waals surface area contributed by atoms with Gasteiger partial charge in [0.25, 0.3) is 5.91 Å². The summed E-state index contributed by atoms with van der Waals surface area (Å²) < 4.78 is 25.3. The lowest BCUT2D eigenvalue weighted by Crippen LogP contribution is -2.42. The normalized spacial score (nSPS) is 15.2. The predicted octanol–water partition coefficient (Wildman–Crippen LogP) is 5.51. The molecule has 0 bridgehead atoms. The first kappa shape index (κ1) is 25.5. The third kappa shape index (κ3) is 5.78. The van der Waals surface area contributed by atoms with E-state index in [1.165, 1.54) is 12.1 Å². The molecule has 1 aliphatic heterocycles. The summed E-state index contributed by atoms with van der Waals surface area (Å²) in [6.45, 7) is 9.16. The second-order valence-electron chi connectivity index (χ2n) is 9.91. The van der Waals surface area contributed by atoms with Crippen molar-refractivity contribution in [1.82, 2.24) is 10.2 Å². The summed E-state index contributed by atoms with van der Waals surface area (Å²) in [6, 6.07) is 15.2. The molecule has 190 valence electrons. The van der Waals surface area contributed by atoms with Crippen molar-refractivity contribution in [2.45, 2.75) is 46.8 Å². The average Bonchev–Trinajstić information content (AvgIpc) is 3.34. The number of hydrogen-bond acceptors (Lipinski definition) is 4. The van der Waals surface area contributed by atoms with Gasteiger partial charge in [0.15, 0.2) is 5.76 Å². The zero-order chi connectivity index (χ0) is 25.8. The number of halogens is 1. The lowest BCUT2D eigenvalue weighted by molar-refractivity contribution is -0.136. The van der Waals surface area contributed by atoms with Crippen molar-refractivity contribution in [1.29, 1.82) is 0 Å². The summed E-state index contributed by atoms with van der Waals surface area (Å²) in [5, 5.41) is 2.84. The lowest BCUT2D eigenvalue weighted by Gasteiger charge is -2.39. The van der Waals surface area contributed by atoms with Crippen LogP contribution in [0.5, 0.6) is 5.75 Å². The van der Waals surface area contributed by atoms with Gasteiger partial charge >= 0.3 is 0 Å². The molecule has 7 heteroatoms. The fraction of sp³-hybridized carbons (Fsp3) is 0.379. The Morgan fingerprint density at radius 1 is 1.08 bits per heavy atom. The molecule has 0 fully saturated rings. The van der Waals surface area contributed by atoms with Crippen LogP contribution in [0.3, 0.4) is 0 Å². The molecule has 2 aromatic carbocycles. The van der Waals surface area contributed by atoms with Crippen LogP contribution in [0.1, 0.15) is 66.7 Å². The molecule has 6 nitrogen and oxygen atoms in total. The van der Waals surface area contributed by atoms with E-state index in [2.05, 4.69) is 5.32 Å². The Kier molecular flexibility index (Phi) is 7.77. The Morgan fingerprint density at radius 3 is 2.53 bits per heavy atom. The molecule has 0 spiro atoms. The van der Waals surface area contributed by atoms with Crippen molar-refractivity contribution in [2.24, 2.45) is 11.8 Å². The van der Waals surface area contributed by atoms with Gasteiger partial charge in [-0.05, 0) is 65.4 Å². The molecule has 2 amide bonds. The summed E-state index contributed by atoms with van der Waals surface area (Å²) in [5.41, 5.74) is 2.95. The first-order valence-corrected chi connectivity index (χ1v) is 12.4. The molecule has 1 N–H and O–H groups in total. The zero-order valence-electron chi connectivity index (χ0n) is 21.2. The standard InChI is InChI=1S/C29H33FN2O4/c1-18(2)16-31-28(33)26-12-11-24(36-26)17-35-23-10-7-20-13-14-32(29(34)19(3)4)27(25(20)15-23)21-5-8-22(30)9-6-21/h5-12,15,18-19,27H,13-14,16-17H2,1-4H3,(H,31,33). The molecule has 4 rings (SSSR count). The molecule has 36 heavy (non-hydrogen) atoms. The minimum atomic E-state index is -0.326. The van der Waals surface area contributed by atoms with Crippen LogP contribution in [0, 0.1) is 17.7 Å². The number of fused-ring (bicyclic) bond motifs is 1. The third-order valence-corrected chi connectivity index (χ3v) is 6.25. The van der Waals surface area contributed by atoms with Crippen LogP contribution in [-0.4, -0.2) is 29.8 Å². The van der Waals surface area contributed by atoms with Crippen LogP contribution in [-0.2, 0) is 17.8 Å². The molecule has 0 aliphatic carbocycles. The number of ether oxygens (including phenoxy) is 1. The molecule has 1 atom stereocenters. The van der Waals surface area contributed by atoms with E-state index in [1.807, 2.05) is 50.8 Å². The third-order valence-electron chi connectivity index (χ3n) is 6.25. The largest absolute Gasteiger partial charge is 0.486 e. The number of rotatable bonds is 8. The van der Waals surface area contributed by atoms with Crippen molar-refractivity contribution in [3.63, 3.8) is 0 Å². The Hall–Kier alpha value is -3.61. The Morgan fingerprint density at radius 2 is 1.83 bits per heavy atom. The predicted molar refractivity (Wildman–Crippen MR) is 135 cm³/mol. The van der Waals surface area contributed by atoms with Gasteiger partial charge < -0.3 is 19.4 Å². The van der Waals surface area contributed by atoms with E-state index >= 15 is 0 Å². The topological polar surface area (TPSA) is 71.8 Å². The van der Waals surface area contributed by atoms with Crippen molar-refractivity contribution >= 4 is 11.8 Å². The number of benzene rings is 2. The van der Waals surface area contributed by atoms with Crippen LogP contribution in [0.2, 0.25) is 0 Å². The molecular formula is C29H33FN2O4. The van der Waals surface area contributed by atoms with Gasteiger partial charge in [0.1, 0.15) is 23.9 Å². The SMILES string of the molecule is CC(C)CNC(=O)c1ccc(COc2ccc3c(c2)C(c2ccc(F)cc2)N(C(=O)C(C)C)CC3)o1. The van der Waals surface area contributed by atoms with Crippen molar-refractivity contribution in [3.05, 3.63) is 88.6 Å². The van der Waals surface area contributed by atoms with Crippen molar-refractivity contribution < 1.29 is 23.1 Å². The van der Waals surface area contributed by atoms with Gasteiger partial charge in [-0.25, -0.2) is 4.39 Å². The highest BCUT2D eigenvalue weighted by Gasteiger charge is 2.33. The minimum Gasteiger partial charge on any atom is -0.486 e. The van der Waals surface area contributed by atoms with Gasteiger partial charge in [-0.2, -0.15) is 0 Å². The summed E-state index contributed by atoms with van der Waals surface area (Å²) in [4.78, 5) is 27.2. The highest BCUT2D eigenvalue weighted by Crippen LogP contribution is 2.38. The second-order valence-corrected chi connectivity index (χ2v) is 9.91. The molecule has 1 unspecified atom stereocenters. The van der Waals surface area contributed by atoms with E-state index in [0.29, 0.717) is 30.5 Å². The molecule has 0 saturated carbocycles. The van der Waals surface area contributed by atoms with Gasteiger partial charge in [-0.15, -0.1) is 0 Å². The highest BCUT2D eigenvalue weighted by molar-refractivity contribution is 5.91. The van der Waals surface area contributed by atoms with E-state index in [4.69, 9.17) is 9.15 Å². The first-order chi connectivity index (χ1) is 17.2. The van der Waals surface area contributed by atoms with Crippen molar-refractivity contribution in [2.75, 3.05) is 13.1 Å². The minimum absolute atomic E-state index is 0.0557. The first-order valence-electron chi connectivity index (χ1n) is 12.4. The maximum atomic E-state index is 13.7. The van der Waals surface area contributed by atoms with Crippen LogP contribution < -0.4 is 10.1 Å². The smallest absolute Gasteiger partial charge is 0.287 e. The Labute approximate surface area is 211 Å². The number of carbonyl (C=O) groups excluding carboxylic acids is 2. The molecule has 3 aromatic rings. The Bertz CT molecular complexity index is 1220. The van der Waals surface area contributed by atoms with Crippen LogP contribution >= 0.6 is 0 Å². The van der Waals surface area contributed by atoms with Crippen LogP contribution in [0.15, 0.2) is 59.0 Å². The fourth-order valence-electron chi connectivity index (χ4n) is 4.37. The van der Waals surface area contributed by atoms with Crippen molar-refractivity contribution in [3.8, 4) is 5.75 Å². The maximum absolute atomic E-state index is 13.7. The van der Waals surface area contributed by atoms with Gasteiger partial charge in [-0.3, -0.25) is 9.59 Å². The number of carbonyl (C=O) groups is 2. The molecule has 0 saturated heterocycles. The van der Waals surface area contributed by atoms with Crippen LogP contribution in [0.25, 0.3) is 0 Å². The lowest BCUT2D eigenvalue weighted by atomic mass is 9.87. The van der Waals surface area contributed by atoms with E-state index in [9.17, 15) is 14.0 Å². The Balaban J connectivity index is 1.55. The summed E-state index contributed by atoms with van der Waals surface area (Å²) in [6.07, 6.45) is 0.735. The van der Waals surface area contributed by atoms with Gasteiger partial charge in [0.05, 0.1) is 6.04 Å². The van der Waals surface area contributed by atoms with E-state index < -0.39 is 0 Å². The number of amides is 2. The number of nitrogens with one attached hydrogen (secondary N) is 1. The van der Waals surface area contributed by atoms with Gasteiger partial charge in [-0.1, -0.05) is 45.9 Å². The number of nitrogens with zero attached hydrogens (tertiary/aromatic N) is 1. The van der Waals surface area contributed by atoms with Gasteiger partial charge in [0.2, 0.25) is 5.91 Å². The summed E-state index contributed by atoms with van der Waals surface area (Å²) in [5.74, 6) is 1.10. The molecular weight excluding hydrogens is 459 g/mol. The molecule has 0 radical (unpaired) electrons. The average molecular weight is 493 g/mol. The van der Waals surface area contributed by atoms with E-state index in [1.54, 1.807) is 24.3 Å². The van der Waals surface area contributed by atoms with Crippen LogP contribution in [0.4, 0.5) is 4.39 Å². The van der Waals surface area contributed by atoms with E-state index in [-0.39, 0.29) is 42.0 Å². The van der Waals surface area contributed by atoms with E-state index in [0.717, 1.165) is 23.1 Å². The number of hydrogen-bond donors (Lipinski definition) is 1. The molecule has 2 heterocycles. The quantitative estimate of drug-likeness (QED) is 0.450. The van der Waals surface area contributed by atoms with Gasteiger partial charge in [0, 0.05) is 19.0 Å². The summed E-state index contributed by atoms with van der Waals surface area (Å²) in [7, 11) is 0. The molecule has 1 aromatic heterocycles.